The number of halogens is 1. The molecule has 1 aromatic carbocycles. The summed E-state index contributed by atoms with van der Waals surface area (Å²) in [5, 5.41) is 4.91. The second-order valence-electron chi connectivity index (χ2n) is 6.25. The highest BCUT2D eigenvalue weighted by molar-refractivity contribution is 5.94. The van der Waals surface area contributed by atoms with E-state index in [0.29, 0.717) is 0 Å². The molecule has 1 aromatic heterocycles. The van der Waals surface area contributed by atoms with E-state index in [4.69, 9.17) is 4.74 Å². The summed E-state index contributed by atoms with van der Waals surface area (Å²) in [6, 6.07) is 4.43. The van der Waals surface area contributed by atoms with Crippen LogP contribution in [0, 0.1) is 5.92 Å². The summed E-state index contributed by atoms with van der Waals surface area (Å²) >= 11 is 0. The van der Waals surface area contributed by atoms with E-state index < -0.39 is 0 Å². The van der Waals surface area contributed by atoms with Gasteiger partial charge in [0.25, 0.3) is 0 Å². The van der Waals surface area contributed by atoms with Gasteiger partial charge in [0.2, 0.25) is 0 Å². The summed E-state index contributed by atoms with van der Waals surface area (Å²) in [7, 11) is 1.79. The highest BCUT2D eigenvalue weighted by atomic mass is 35.5. The van der Waals surface area contributed by atoms with Crippen molar-refractivity contribution in [3.8, 4) is 5.75 Å². The van der Waals surface area contributed by atoms with Crippen molar-refractivity contribution < 1.29 is 4.74 Å². The monoisotopic (exact) mass is 306 g/mol. The van der Waals surface area contributed by atoms with E-state index in [-0.39, 0.29) is 12.4 Å². The van der Waals surface area contributed by atoms with Gasteiger partial charge in [-0.25, -0.2) is 0 Å². The fourth-order valence-electron chi connectivity index (χ4n) is 4.05. The first-order chi connectivity index (χ1) is 9.79. The van der Waals surface area contributed by atoms with Crippen molar-refractivity contribution in [2.45, 2.75) is 32.7 Å². The number of ether oxygens (including phenoxy) is 1. The third-order valence-corrected chi connectivity index (χ3v) is 4.84. The number of hydrogen-bond donors (Lipinski definition) is 1. The lowest BCUT2D eigenvalue weighted by molar-refractivity contribution is 0.418. The predicted octanol–water partition coefficient (Wildman–Crippen LogP) is 2.95. The molecule has 0 saturated heterocycles. The second-order valence-corrected chi connectivity index (χ2v) is 6.25. The van der Waals surface area contributed by atoms with Crippen molar-refractivity contribution in [3.05, 3.63) is 29.0 Å². The number of benzene rings is 1. The van der Waals surface area contributed by atoms with Crippen LogP contribution in [0.3, 0.4) is 0 Å². The zero-order valence-corrected chi connectivity index (χ0v) is 13.6. The van der Waals surface area contributed by atoms with Gasteiger partial charge in [0.15, 0.2) is 0 Å². The molecule has 21 heavy (non-hydrogen) atoms. The molecule has 4 rings (SSSR count). The molecule has 0 saturated carbocycles. The van der Waals surface area contributed by atoms with Crippen LogP contribution in [-0.2, 0) is 25.8 Å². The Hall–Kier alpha value is -1.19. The number of nitrogens with one attached hydrogen (secondary N) is 1. The lowest BCUT2D eigenvalue weighted by Crippen LogP contribution is -2.20. The number of methoxy groups -OCH3 is 1. The number of hydrogen-bond acceptors (Lipinski definition) is 2. The van der Waals surface area contributed by atoms with Gasteiger partial charge in [-0.15, -0.1) is 12.4 Å². The molecule has 0 amide bonds. The molecule has 2 aliphatic heterocycles. The van der Waals surface area contributed by atoms with Crippen LogP contribution in [0.2, 0.25) is 0 Å². The van der Waals surface area contributed by atoms with E-state index in [9.17, 15) is 0 Å². The minimum atomic E-state index is 0. The minimum Gasteiger partial charge on any atom is -0.496 e. The average molecular weight is 307 g/mol. The summed E-state index contributed by atoms with van der Waals surface area (Å²) in [4.78, 5) is 0. The molecular formula is C17H23ClN2O. The van der Waals surface area contributed by atoms with Crippen LogP contribution >= 0.6 is 12.4 Å². The van der Waals surface area contributed by atoms with Gasteiger partial charge in [0.05, 0.1) is 12.6 Å². The molecule has 0 fully saturated rings. The Morgan fingerprint density at radius 1 is 1.24 bits per heavy atom. The van der Waals surface area contributed by atoms with Crippen LogP contribution < -0.4 is 10.1 Å². The molecule has 1 unspecified atom stereocenters. The smallest absolute Gasteiger partial charge is 0.128 e. The molecule has 1 N–H and O–H groups in total. The molecule has 2 aromatic rings. The standard InChI is InChI=1S/C17H22N2O.ClH/c1-11-9-12-3-4-15(20-2)16-13-5-7-18-8-6-14(13)19(10-11)17(12)16;/h3-4,11,18H,5-10H2,1-2H3;1H. The lowest BCUT2D eigenvalue weighted by Gasteiger charge is -2.24. The molecule has 2 aliphatic rings. The summed E-state index contributed by atoms with van der Waals surface area (Å²) in [6.07, 6.45) is 3.45. The zero-order chi connectivity index (χ0) is 13.7. The Kier molecular flexibility index (Phi) is 3.89. The van der Waals surface area contributed by atoms with Crippen molar-refractivity contribution in [1.82, 2.24) is 9.88 Å². The number of aromatic nitrogens is 1. The molecule has 0 radical (unpaired) electrons. The van der Waals surface area contributed by atoms with Gasteiger partial charge in [-0.3, -0.25) is 0 Å². The van der Waals surface area contributed by atoms with Crippen LogP contribution in [0.1, 0.15) is 23.7 Å². The molecule has 0 bridgehead atoms. The molecular weight excluding hydrogens is 284 g/mol. The third kappa shape index (κ3) is 2.14. The van der Waals surface area contributed by atoms with E-state index in [0.717, 1.165) is 44.1 Å². The minimum absolute atomic E-state index is 0. The Bertz CT molecular complexity index is 677. The van der Waals surface area contributed by atoms with E-state index in [1.165, 1.54) is 28.5 Å². The molecule has 1 atom stereocenters. The van der Waals surface area contributed by atoms with Gasteiger partial charge >= 0.3 is 0 Å². The predicted molar refractivity (Wildman–Crippen MR) is 88.9 cm³/mol. The van der Waals surface area contributed by atoms with Crippen LogP contribution in [0.25, 0.3) is 10.9 Å². The first kappa shape index (κ1) is 14.7. The van der Waals surface area contributed by atoms with Crippen molar-refractivity contribution in [2.75, 3.05) is 20.2 Å². The van der Waals surface area contributed by atoms with Crippen LogP contribution in [0.5, 0.6) is 5.75 Å². The van der Waals surface area contributed by atoms with Crippen LogP contribution in [-0.4, -0.2) is 24.8 Å². The maximum absolute atomic E-state index is 5.66. The lowest BCUT2D eigenvalue weighted by atomic mass is 9.95. The molecule has 0 aliphatic carbocycles. The summed E-state index contributed by atoms with van der Waals surface area (Å²) in [6.45, 7) is 5.69. The van der Waals surface area contributed by atoms with E-state index in [2.05, 4.69) is 28.9 Å². The van der Waals surface area contributed by atoms with Crippen molar-refractivity contribution >= 4 is 23.3 Å². The molecule has 114 valence electrons. The van der Waals surface area contributed by atoms with Gasteiger partial charge in [0.1, 0.15) is 5.75 Å². The largest absolute Gasteiger partial charge is 0.496 e. The topological polar surface area (TPSA) is 26.2 Å². The normalized spacial score (nSPS) is 20.6. The maximum atomic E-state index is 5.66. The van der Waals surface area contributed by atoms with Gasteiger partial charge < -0.3 is 14.6 Å². The fourth-order valence-corrected chi connectivity index (χ4v) is 4.05. The first-order valence-electron chi connectivity index (χ1n) is 7.70. The Morgan fingerprint density at radius 2 is 2.05 bits per heavy atom. The molecule has 4 heteroatoms. The highest BCUT2D eigenvalue weighted by Crippen LogP contribution is 2.40. The number of nitrogens with zero attached hydrogens (tertiary/aromatic N) is 1. The first-order valence-corrected chi connectivity index (χ1v) is 7.70. The third-order valence-electron chi connectivity index (χ3n) is 4.84. The number of fused-ring (bicyclic) bond motifs is 3. The Labute approximate surface area is 132 Å². The van der Waals surface area contributed by atoms with Crippen molar-refractivity contribution in [2.24, 2.45) is 5.92 Å². The molecule has 3 heterocycles. The summed E-state index contributed by atoms with van der Waals surface area (Å²) in [5.41, 5.74) is 6.02. The van der Waals surface area contributed by atoms with Crippen molar-refractivity contribution in [3.63, 3.8) is 0 Å². The quantitative estimate of drug-likeness (QED) is 0.877. The van der Waals surface area contributed by atoms with E-state index in [1.807, 2.05) is 0 Å². The van der Waals surface area contributed by atoms with Crippen molar-refractivity contribution in [1.29, 1.82) is 0 Å². The molecule has 3 nitrogen and oxygen atoms in total. The van der Waals surface area contributed by atoms with Gasteiger partial charge in [-0.1, -0.05) is 13.0 Å². The highest BCUT2D eigenvalue weighted by Gasteiger charge is 2.27. The zero-order valence-electron chi connectivity index (χ0n) is 12.7. The van der Waals surface area contributed by atoms with Crippen LogP contribution in [0.4, 0.5) is 0 Å². The number of rotatable bonds is 1. The SMILES string of the molecule is COc1ccc2c3c1c1c(n3CC(C)C2)CCNCC1.Cl. The summed E-state index contributed by atoms with van der Waals surface area (Å²) in [5.74, 6) is 1.78. The van der Waals surface area contributed by atoms with E-state index >= 15 is 0 Å². The van der Waals surface area contributed by atoms with Gasteiger partial charge in [-0.2, -0.15) is 0 Å². The van der Waals surface area contributed by atoms with Gasteiger partial charge in [-0.05, 0) is 42.5 Å². The maximum Gasteiger partial charge on any atom is 0.128 e. The second kappa shape index (κ2) is 5.54. The summed E-state index contributed by atoms with van der Waals surface area (Å²) < 4.78 is 8.25. The Balaban J connectivity index is 0.00000132. The van der Waals surface area contributed by atoms with E-state index in [1.54, 1.807) is 12.8 Å². The average Bonchev–Trinajstić information content (AvgIpc) is 2.64. The van der Waals surface area contributed by atoms with Gasteiger partial charge in [0, 0.05) is 30.6 Å². The molecule has 0 spiro atoms. The fraction of sp³-hybridized carbons (Fsp3) is 0.529. The van der Waals surface area contributed by atoms with Crippen LogP contribution in [0.15, 0.2) is 12.1 Å². The Morgan fingerprint density at radius 3 is 2.86 bits per heavy atom.